The number of hydrogen-bond acceptors (Lipinski definition) is 4. The third-order valence-electron chi connectivity index (χ3n) is 4.04. The number of anilines is 3. The van der Waals surface area contributed by atoms with E-state index < -0.39 is 11.7 Å². The predicted octanol–water partition coefficient (Wildman–Crippen LogP) is 4.62. The largest absolute Gasteiger partial charge is 0.416 e. The lowest BCUT2D eigenvalue weighted by atomic mass is 10.2. The molecule has 128 valence electrons. The molecule has 2 aromatic rings. The molecule has 7 heteroatoms. The Morgan fingerprint density at radius 3 is 2.21 bits per heavy atom. The van der Waals surface area contributed by atoms with E-state index in [1.165, 1.54) is 25.0 Å². The number of benzene rings is 1. The van der Waals surface area contributed by atoms with Gasteiger partial charge in [0.15, 0.2) is 0 Å². The Balaban J connectivity index is 1.72. The molecule has 2 heterocycles. The van der Waals surface area contributed by atoms with Crippen molar-refractivity contribution in [3.05, 3.63) is 42.1 Å². The molecule has 1 aliphatic heterocycles. The van der Waals surface area contributed by atoms with Crippen molar-refractivity contribution in [2.75, 3.05) is 23.3 Å². The van der Waals surface area contributed by atoms with Crippen LogP contribution in [0.4, 0.5) is 30.6 Å². The highest BCUT2D eigenvalue weighted by Gasteiger charge is 2.29. The molecule has 0 bridgehead atoms. The minimum absolute atomic E-state index is 0.386. The Morgan fingerprint density at radius 2 is 1.58 bits per heavy atom. The fourth-order valence-corrected chi connectivity index (χ4v) is 2.76. The van der Waals surface area contributed by atoms with E-state index in [1.54, 1.807) is 6.20 Å². The van der Waals surface area contributed by atoms with Gasteiger partial charge in [-0.2, -0.15) is 18.2 Å². The smallest absolute Gasteiger partial charge is 0.356 e. The number of nitrogens with zero attached hydrogens (tertiary/aromatic N) is 3. The maximum absolute atomic E-state index is 12.6. The van der Waals surface area contributed by atoms with Crippen LogP contribution in [0.2, 0.25) is 0 Å². The van der Waals surface area contributed by atoms with E-state index in [1.807, 2.05) is 6.07 Å². The van der Waals surface area contributed by atoms with E-state index in [-0.39, 0.29) is 0 Å². The van der Waals surface area contributed by atoms with Crippen molar-refractivity contribution in [1.29, 1.82) is 0 Å². The summed E-state index contributed by atoms with van der Waals surface area (Å²) in [6.07, 6.45) is 2.09. The first kappa shape index (κ1) is 16.5. The third kappa shape index (κ3) is 4.15. The summed E-state index contributed by atoms with van der Waals surface area (Å²) in [7, 11) is 0. The molecule has 0 spiro atoms. The van der Waals surface area contributed by atoms with E-state index >= 15 is 0 Å². The molecule has 24 heavy (non-hydrogen) atoms. The van der Waals surface area contributed by atoms with Crippen LogP contribution in [0.1, 0.15) is 31.2 Å². The zero-order valence-corrected chi connectivity index (χ0v) is 13.2. The van der Waals surface area contributed by atoms with E-state index in [2.05, 4.69) is 20.2 Å². The molecule has 1 fully saturated rings. The van der Waals surface area contributed by atoms with Crippen LogP contribution in [0, 0.1) is 0 Å². The second-order valence-corrected chi connectivity index (χ2v) is 5.84. The van der Waals surface area contributed by atoms with Gasteiger partial charge < -0.3 is 10.2 Å². The second-order valence-electron chi connectivity index (χ2n) is 5.84. The molecule has 1 aromatic carbocycles. The third-order valence-corrected chi connectivity index (χ3v) is 4.04. The molecule has 1 aliphatic rings. The van der Waals surface area contributed by atoms with Gasteiger partial charge in [0.2, 0.25) is 5.95 Å². The number of halogens is 3. The van der Waals surface area contributed by atoms with Gasteiger partial charge in [0.05, 0.1) is 5.56 Å². The fourth-order valence-electron chi connectivity index (χ4n) is 2.76. The first-order valence-electron chi connectivity index (χ1n) is 8.05. The molecular formula is C17H19F3N4. The Kier molecular flexibility index (Phi) is 4.87. The minimum atomic E-state index is -4.33. The van der Waals surface area contributed by atoms with Crippen LogP contribution in [-0.4, -0.2) is 23.1 Å². The molecule has 4 nitrogen and oxygen atoms in total. The van der Waals surface area contributed by atoms with Gasteiger partial charge in [-0.3, -0.25) is 0 Å². The van der Waals surface area contributed by atoms with Gasteiger partial charge in [-0.15, -0.1) is 0 Å². The molecular weight excluding hydrogens is 317 g/mol. The second kappa shape index (κ2) is 7.07. The average molecular weight is 336 g/mol. The Labute approximate surface area is 138 Å². The summed E-state index contributed by atoms with van der Waals surface area (Å²) in [6.45, 7) is 1.94. The molecule has 0 unspecified atom stereocenters. The number of alkyl halides is 3. The molecule has 0 radical (unpaired) electrons. The summed E-state index contributed by atoms with van der Waals surface area (Å²) in [6, 6.07) is 6.71. The molecule has 3 rings (SSSR count). The molecule has 0 atom stereocenters. The van der Waals surface area contributed by atoms with E-state index in [4.69, 9.17) is 0 Å². The first-order valence-corrected chi connectivity index (χ1v) is 8.05. The first-order chi connectivity index (χ1) is 11.5. The Hall–Kier alpha value is -2.31. The number of aromatic nitrogens is 2. The topological polar surface area (TPSA) is 41.1 Å². The van der Waals surface area contributed by atoms with Crippen molar-refractivity contribution in [2.24, 2.45) is 0 Å². The Bertz CT molecular complexity index is 662. The lowest BCUT2D eigenvalue weighted by molar-refractivity contribution is -0.137. The van der Waals surface area contributed by atoms with Crippen molar-refractivity contribution in [2.45, 2.75) is 31.9 Å². The van der Waals surface area contributed by atoms with Crippen molar-refractivity contribution in [1.82, 2.24) is 9.97 Å². The summed E-state index contributed by atoms with van der Waals surface area (Å²) in [4.78, 5) is 10.9. The van der Waals surface area contributed by atoms with Crippen molar-refractivity contribution < 1.29 is 13.2 Å². The summed E-state index contributed by atoms with van der Waals surface area (Å²) in [5.74, 6) is 1.23. The van der Waals surface area contributed by atoms with E-state index in [9.17, 15) is 13.2 Å². The van der Waals surface area contributed by atoms with Gasteiger partial charge in [0.1, 0.15) is 5.82 Å². The summed E-state index contributed by atoms with van der Waals surface area (Å²) >= 11 is 0. The monoisotopic (exact) mass is 336 g/mol. The zero-order chi connectivity index (χ0) is 17.0. The van der Waals surface area contributed by atoms with Crippen LogP contribution in [0.3, 0.4) is 0 Å². The van der Waals surface area contributed by atoms with Crippen molar-refractivity contribution in [3.8, 4) is 0 Å². The molecule has 0 aliphatic carbocycles. The van der Waals surface area contributed by atoms with E-state index in [0.717, 1.165) is 43.9 Å². The SMILES string of the molecule is FC(F)(F)c1ccc(Nc2nccc(N3CCCCCC3)n2)cc1. The summed E-state index contributed by atoms with van der Waals surface area (Å²) in [5.41, 5.74) is -0.150. The maximum atomic E-state index is 12.6. The number of nitrogens with one attached hydrogen (secondary N) is 1. The van der Waals surface area contributed by atoms with Gasteiger partial charge in [0.25, 0.3) is 0 Å². The average Bonchev–Trinajstić information content (AvgIpc) is 2.84. The quantitative estimate of drug-likeness (QED) is 0.888. The van der Waals surface area contributed by atoms with Crippen molar-refractivity contribution >= 4 is 17.5 Å². The highest BCUT2D eigenvalue weighted by atomic mass is 19.4. The lowest BCUT2D eigenvalue weighted by Gasteiger charge is -2.21. The van der Waals surface area contributed by atoms with Gasteiger partial charge in [-0.1, -0.05) is 12.8 Å². The van der Waals surface area contributed by atoms with E-state index in [0.29, 0.717) is 11.6 Å². The van der Waals surface area contributed by atoms with Gasteiger partial charge in [-0.25, -0.2) is 4.98 Å². The summed E-state index contributed by atoms with van der Waals surface area (Å²) < 4.78 is 37.8. The zero-order valence-electron chi connectivity index (χ0n) is 13.2. The van der Waals surface area contributed by atoms with Crippen LogP contribution < -0.4 is 10.2 Å². The van der Waals surface area contributed by atoms with Crippen LogP contribution in [0.15, 0.2) is 36.5 Å². The van der Waals surface area contributed by atoms with Crippen LogP contribution in [0.5, 0.6) is 0 Å². The highest BCUT2D eigenvalue weighted by Crippen LogP contribution is 2.30. The predicted molar refractivity (Wildman–Crippen MR) is 87.4 cm³/mol. The number of rotatable bonds is 3. The highest BCUT2D eigenvalue weighted by molar-refractivity contribution is 5.55. The van der Waals surface area contributed by atoms with Crippen LogP contribution in [-0.2, 0) is 6.18 Å². The standard InChI is InChI=1S/C17H19F3N4/c18-17(19,20)13-5-7-14(8-6-13)22-16-21-10-9-15(23-16)24-11-3-1-2-4-12-24/h5-10H,1-4,11-12H2,(H,21,22,23). The Morgan fingerprint density at radius 1 is 0.917 bits per heavy atom. The maximum Gasteiger partial charge on any atom is 0.416 e. The molecule has 0 amide bonds. The molecule has 1 saturated heterocycles. The van der Waals surface area contributed by atoms with Gasteiger partial charge in [0, 0.05) is 25.0 Å². The van der Waals surface area contributed by atoms with Crippen LogP contribution in [0.25, 0.3) is 0 Å². The minimum Gasteiger partial charge on any atom is -0.356 e. The normalized spacial score (nSPS) is 15.9. The number of hydrogen-bond donors (Lipinski definition) is 1. The van der Waals surface area contributed by atoms with Crippen LogP contribution >= 0.6 is 0 Å². The summed E-state index contributed by atoms with van der Waals surface area (Å²) in [5, 5.41) is 2.96. The van der Waals surface area contributed by atoms with Gasteiger partial charge in [-0.05, 0) is 43.2 Å². The molecule has 1 N–H and O–H groups in total. The lowest BCUT2D eigenvalue weighted by Crippen LogP contribution is -2.25. The fraction of sp³-hybridized carbons (Fsp3) is 0.412. The van der Waals surface area contributed by atoms with Gasteiger partial charge >= 0.3 is 6.18 Å². The molecule has 1 aromatic heterocycles. The van der Waals surface area contributed by atoms with Crippen molar-refractivity contribution in [3.63, 3.8) is 0 Å². The molecule has 0 saturated carbocycles.